The van der Waals surface area contributed by atoms with Crippen molar-refractivity contribution in [3.63, 3.8) is 0 Å². The molecule has 3 aliphatic rings. The van der Waals surface area contributed by atoms with Gasteiger partial charge in [0.2, 0.25) is 0 Å². The van der Waals surface area contributed by atoms with Gasteiger partial charge in [-0.1, -0.05) is 129 Å². The van der Waals surface area contributed by atoms with Crippen LogP contribution in [0.2, 0.25) is 0 Å². The van der Waals surface area contributed by atoms with Crippen molar-refractivity contribution in [3.8, 4) is 11.1 Å². The zero-order valence-electron chi connectivity index (χ0n) is 33.4. The Hall–Kier alpha value is -6.38. The van der Waals surface area contributed by atoms with Gasteiger partial charge in [0.15, 0.2) is 0 Å². The number of fused-ring (bicyclic) bond motifs is 5. The second-order valence-corrected chi connectivity index (χ2v) is 16.6. The zero-order valence-corrected chi connectivity index (χ0v) is 33.4. The van der Waals surface area contributed by atoms with E-state index in [-0.39, 0.29) is 5.41 Å². The van der Waals surface area contributed by atoms with Crippen LogP contribution in [0.1, 0.15) is 72.1 Å². The molecule has 0 atom stereocenters. The minimum absolute atomic E-state index is 0.146. The molecule has 57 heavy (non-hydrogen) atoms. The van der Waals surface area contributed by atoms with Gasteiger partial charge in [0, 0.05) is 39.5 Å². The molecular weight excluding hydrogens is 689 g/mol. The minimum Gasteiger partial charge on any atom is -0.310 e. The van der Waals surface area contributed by atoms with Crippen LogP contribution in [0.15, 0.2) is 169 Å². The SMILES string of the molecule is Cc1ccccc1N(c1ccc2c(c1)C(C)(C)c1cc(/C=C/c3ccc4cc(N5C6=C(CCC=C6)CCc6ccccc65)ccc4c3)ccc1-2)c1ccccc1C. The lowest BCUT2D eigenvalue weighted by molar-refractivity contribution is 0.660. The van der Waals surface area contributed by atoms with Gasteiger partial charge in [0.25, 0.3) is 0 Å². The molecule has 10 rings (SSSR count). The first-order valence-corrected chi connectivity index (χ1v) is 20.5. The molecule has 2 heteroatoms. The van der Waals surface area contributed by atoms with E-state index in [0.717, 1.165) is 25.7 Å². The van der Waals surface area contributed by atoms with Gasteiger partial charge in [-0.2, -0.15) is 0 Å². The summed E-state index contributed by atoms with van der Waals surface area (Å²) in [6.45, 7) is 9.16. The number of hydrogen-bond donors (Lipinski definition) is 0. The van der Waals surface area contributed by atoms with E-state index in [1.165, 1.54) is 95.0 Å². The topological polar surface area (TPSA) is 6.48 Å². The molecule has 7 aromatic carbocycles. The van der Waals surface area contributed by atoms with Gasteiger partial charge in [0.1, 0.15) is 0 Å². The fourth-order valence-electron chi connectivity index (χ4n) is 9.53. The summed E-state index contributed by atoms with van der Waals surface area (Å²) >= 11 is 0. The van der Waals surface area contributed by atoms with Crippen molar-refractivity contribution >= 4 is 51.4 Å². The van der Waals surface area contributed by atoms with Crippen LogP contribution in [-0.2, 0) is 11.8 Å². The van der Waals surface area contributed by atoms with Crippen molar-refractivity contribution < 1.29 is 0 Å². The number of rotatable bonds is 6. The molecule has 0 bridgehead atoms. The van der Waals surface area contributed by atoms with Gasteiger partial charge in [0.05, 0.1) is 0 Å². The minimum atomic E-state index is -0.146. The highest BCUT2D eigenvalue weighted by molar-refractivity contribution is 5.92. The van der Waals surface area contributed by atoms with Crippen molar-refractivity contribution in [2.24, 2.45) is 0 Å². The lowest BCUT2D eigenvalue weighted by atomic mass is 9.81. The van der Waals surface area contributed by atoms with E-state index >= 15 is 0 Å². The van der Waals surface area contributed by atoms with E-state index < -0.39 is 0 Å². The van der Waals surface area contributed by atoms with Crippen molar-refractivity contribution in [2.45, 2.75) is 58.8 Å². The van der Waals surface area contributed by atoms with E-state index in [1.807, 2.05) is 0 Å². The van der Waals surface area contributed by atoms with Crippen molar-refractivity contribution in [1.29, 1.82) is 0 Å². The highest BCUT2D eigenvalue weighted by atomic mass is 15.2. The fourth-order valence-corrected chi connectivity index (χ4v) is 9.53. The van der Waals surface area contributed by atoms with Gasteiger partial charge in [-0.05, 0) is 161 Å². The first kappa shape index (κ1) is 35.1. The van der Waals surface area contributed by atoms with Gasteiger partial charge < -0.3 is 9.80 Å². The second kappa shape index (κ2) is 14.0. The quantitative estimate of drug-likeness (QED) is 0.157. The number of benzene rings is 7. The Morgan fingerprint density at radius 2 is 1.21 bits per heavy atom. The predicted octanol–water partition coefficient (Wildman–Crippen LogP) is 15.1. The number of hydrogen-bond acceptors (Lipinski definition) is 2. The average molecular weight is 737 g/mol. The zero-order chi connectivity index (χ0) is 38.7. The Morgan fingerprint density at radius 1 is 0.579 bits per heavy atom. The van der Waals surface area contributed by atoms with Crippen LogP contribution in [0.3, 0.4) is 0 Å². The third-order valence-corrected chi connectivity index (χ3v) is 12.6. The third kappa shape index (κ3) is 6.12. The number of para-hydroxylation sites is 3. The van der Waals surface area contributed by atoms with Crippen LogP contribution in [-0.4, -0.2) is 0 Å². The molecule has 1 aliphatic heterocycles. The summed E-state index contributed by atoms with van der Waals surface area (Å²) in [6, 6.07) is 54.2. The number of allylic oxidation sites excluding steroid dienone is 3. The number of nitrogens with zero attached hydrogens (tertiary/aromatic N) is 2. The lowest BCUT2D eigenvalue weighted by Gasteiger charge is -2.30. The van der Waals surface area contributed by atoms with Gasteiger partial charge in [-0.15, -0.1) is 0 Å². The molecule has 0 saturated heterocycles. The van der Waals surface area contributed by atoms with Crippen LogP contribution < -0.4 is 9.80 Å². The monoisotopic (exact) mass is 736 g/mol. The molecule has 7 aromatic rings. The molecule has 0 unspecified atom stereocenters. The standard InChI is InChI=1S/C55H48N2/c1-37-13-5-9-17-51(37)56(52-18-10-6-14-38(52)2)46-30-32-48-47-31-24-40(34-49(47)55(3,4)50(48)36-46)22-21-39-23-25-44-35-45(29-28-43(44)33-39)57-53-19-11-7-15-41(53)26-27-42-16-8-12-20-54(42)57/h5-7,9-15,17-25,28-36H,8,16,26-27H2,1-4H3/b22-21+. The summed E-state index contributed by atoms with van der Waals surface area (Å²) in [5, 5.41) is 2.51. The molecule has 0 aromatic heterocycles. The van der Waals surface area contributed by atoms with Crippen LogP contribution in [0.5, 0.6) is 0 Å². The molecule has 2 nitrogen and oxygen atoms in total. The Kier molecular flexibility index (Phi) is 8.60. The Morgan fingerprint density at radius 3 is 1.98 bits per heavy atom. The molecule has 0 fully saturated rings. The first-order chi connectivity index (χ1) is 27.8. The van der Waals surface area contributed by atoms with E-state index in [4.69, 9.17) is 0 Å². The van der Waals surface area contributed by atoms with Crippen molar-refractivity contribution in [1.82, 2.24) is 0 Å². The van der Waals surface area contributed by atoms with Crippen molar-refractivity contribution in [3.05, 3.63) is 208 Å². The third-order valence-electron chi connectivity index (χ3n) is 12.6. The van der Waals surface area contributed by atoms with E-state index in [0.29, 0.717) is 0 Å². The highest BCUT2D eigenvalue weighted by Gasteiger charge is 2.36. The summed E-state index contributed by atoms with van der Waals surface area (Å²) in [6.07, 6.45) is 13.7. The van der Waals surface area contributed by atoms with Crippen LogP contribution in [0.25, 0.3) is 34.1 Å². The molecule has 0 amide bonds. The molecule has 278 valence electrons. The molecule has 1 heterocycles. The van der Waals surface area contributed by atoms with Gasteiger partial charge in [-0.25, -0.2) is 0 Å². The van der Waals surface area contributed by atoms with E-state index in [1.54, 1.807) is 5.57 Å². The van der Waals surface area contributed by atoms with Crippen LogP contribution in [0, 0.1) is 13.8 Å². The molecule has 0 saturated carbocycles. The summed E-state index contributed by atoms with van der Waals surface area (Å²) < 4.78 is 0. The maximum absolute atomic E-state index is 2.50. The van der Waals surface area contributed by atoms with Gasteiger partial charge >= 0.3 is 0 Å². The molecule has 0 radical (unpaired) electrons. The Labute approximate surface area is 337 Å². The number of aryl methyl sites for hydroxylation is 3. The smallest absolute Gasteiger partial charge is 0.0493 e. The Balaban J connectivity index is 0.945. The first-order valence-electron chi connectivity index (χ1n) is 20.5. The van der Waals surface area contributed by atoms with Crippen molar-refractivity contribution in [2.75, 3.05) is 9.80 Å². The lowest BCUT2D eigenvalue weighted by Crippen LogP contribution is -2.18. The predicted molar refractivity (Wildman–Crippen MR) is 243 cm³/mol. The van der Waals surface area contributed by atoms with Gasteiger partial charge in [-0.3, -0.25) is 0 Å². The molecular formula is C55H48N2. The maximum Gasteiger partial charge on any atom is 0.0493 e. The Bertz CT molecular complexity index is 2770. The highest BCUT2D eigenvalue weighted by Crippen LogP contribution is 2.51. The summed E-state index contributed by atoms with van der Waals surface area (Å²) in [7, 11) is 0. The van der Waals surface area contributed by atoms with Crippen LogP contribution in [0.4, 0.5) is 28.4 Å². The average Bonchev–Trinajstić information content (AvgIpc) is 3.34. The summed E-state index contributed by atoms with van der Waals surface area (Å²) in [5.74, 6) is 0. The second-order valence-electron chi connectivity index (χ2n) is 16.6. The van der Waals surface area contributed by atoms with E-state index in [9.17, 15) is 0 Å². The normalized spacial score (nSPS) is 15.3. The van der Waals surface area contributed by atoms with Crippen LogP contribution >= 0.6 is 0 Å². The molecule has 0 N–H and O–H groups in total. The molecule has 2 aliphatic carbocycles. The van der Waals surface area contributed by atoms with E-state index in [2.05, 4.69) is 207 Å². The summed E-state index contributed by atoms with van der Waals surface area (Å²) in [5.41, 5.74) is 20.7. The summed E-state index contributed by atoms with van der Waals surface area (Å²) in [4.78, 5) is 4.93. The largest absolute Gasteiger partial charge is 0.310 e. The molecule has 0 spiro atoms. The number of anilines is 5. The fraction of sp³-hybridized carbons (Fsp3) is 0.164. The maximum atomic E-state index is 2.50.